The van der Waals surface area contributed by atoms with E-state index in [1.54, 1.807) is 0 Å². The van der Waals surface area contributed by atoms with Gasteiger partial charge in [0, 0.05) is 19.3 Å². The maximum atomic E-state index is 12.9. The summed E-state index contributed by atoms with van der Waals surface area (Å²) in [5, 5.41) is 20.6. The molecule has 5 unspecified atom stereocenters. The highest BCUT2D eigenvalue weighted by molar-refractivity contribution is 7.47. The van der Waals surface area contributed by atoms with Crippen LogP contribution in [0.25, 0.3) is 0 Å². The van der Waals surface area contributed by atoms with Crippen LogP contribution in [0.15, 0.2) is 97.2 Å². The second-order valence-electron chi connectivity index (χ2n) is 23.6. The fourth-order valence-electron chi connectivity index (χ4n) is 9.33. The number of phosphoric acid groups is 2. The molecule has 91 heavy (non-hydrogen) atoms. The van der Waals surface area contributed by atoms with E-state index < -0.39 is 91.5 Å². The largest absolute Gasteiger partial charge is 0.472 e. The van der Waals surface area contributed by atoms with Gasteiger partial charge in [-0.2, -0.15) is 0 Å². The number of rotatable bonds is 67. The number of carbonyl (C=O) groups excluding carboxylic acids is 3. The van der Waals surface area contributed by atoms with Gasteiger partial charge in [-0.25, -0.2) is 9.13 Å². The number of esters is 3. The number of carbonyl (C=O) groups is 3. The van der Waals surface area contributed by atoms with Crippen molar-refractivity contribution in [3.05, 3.63) is 97.2 Å². The van der Waals surface area contributed by atoms with Crippen molar-refractivity contribution in [3.63, 3.8) is 0 Å². The molecule has 0 heterocycles. The van der Waals surface area contributed by atoms with Crippen LogP contribution in [0.2, 0.25) is 0 Å². The van der Waals surface area contributed by atoms with Crippen LogP contribution < -0.4 is 0 Å². The number of hydrogen-bond acceptors (Lipinski definition) is 14. The lowest BCUT2D eigenvalue weighted by Gasteiger charge is -2.21. The van der Waals surface area contributed by atoms with Crippen molar-refractivity contribution in [1.29, 1.82) is 0 Å². The molecule has 0 aromatic rings. The van der Waals surface area contributed by atoms with Crippen LogP contribution in [0.3, 0.4) is 0 Å². The van der Waals surface area contributed by atoms with Gasteiger partial charge in [-0.1, -0.05) is 246 Å². The van der Waals surface area contributed by atoms with Gasteiger partial charge in [0.25, 0.3) is 0 Å². The predicted molar refractivity (Wildman–Crippen MR) is 371 cm³/mol. The van der Waals surface area contributed by atoms with Crippen molar-refractivity contribution in [2.75, 3.05) is 39.6 Å². The fraction of sp³-hybridized carbons (Fsp3) is 0.740. The Bertz CT molecular complexity index is 2050. The average Bonchev–Trinajstić information content (AvgIpc) is 3.75. The Morgan fingerprint density at radius 1 is 0.319 bits per heavy atom. The highest BCUT2D eigenvalue weighted by Gasteiger charge is 2.29. The maximum Gasteiger partial charge on any atom is 0.472 e. The van der Waals surface area contributed by atoms with Crippen molar-refractivity contribution in [2.24, 2.45) is 0 Å². The van der Waals surface area contributed by atoms with E-state index in [0.717, 1.165) is 154 Å². The van der Waals surface area contributed by atoms with Crippen LogP contribution in [0, 0.1) is 0 Å². The Morgan fingerprint density at radius 2 is 0.582 bits per heavy atom. The Morgan fingerprint density at radius 3 is 0.956 bits per heavy atom. The van der Waals surface area contributed by atoms with Crippen LogP contribution in [0.4, 0.5) is 0 Å². The molecule has 0 saturated heterocycles. The average molecular weight is 1320 g/mol. The summed E-state index contributed by atoms with van der Waals surface area (Å²) in [6, 6.07) is 0. The minimum atomic E-state index is -4.93. The minimum absolute atomic E-state index is 0.0920. The smallest absolute Gasteiger partial charge is 0.463 e. The van der Waals surface area contributed by atoms with Crippen molar-refractivity contribution in [2.45, 2.75) is 309 Å². The Labute approximate surface area is 552 Å². The molecule has 16 nitrogen and oxygen atoms in total. The molecule has 0 rings (SSSR count). The number of ether oxygens (including phenoxy) is 3. The van der Waals surface area contributed by atoms with E-state index in [0.29, 0.717) is 19.3 Å². The van der Waals surface area contributed by atoms with Gasteiger partial charge in [0.2, 0.25) is 0 Å². The normalized spacial score (nSPS) is 14.8. The van der Waals surface area contributed by atoms with E-state index in [-0.39, 0.29) is 19.3 Å². The molecule has 0 bridgehead atoms. The van der Waals surface area contributed by atoms with Crippen LogP contribution in [-0.4, -0.2) is 95.9 Å². The molecule has 0 saturated carbocycles. The van der Waals surface area contributed by atoms with Gasteiger partial charge in [-0.15, -0.1) is 0 Å². The molecule has 0 fully saturated rings. The van der Waals surface area contributed by atoms with Gasteiger partial charge in [-0.3, -0.25) is 32.5 Å². The predicted octanol–water partition coefficient (Wildman–Crippen LogP) is 19.9. The van der Waals surface area contributed by atoms with Gasteiger partial charge >= 0.3 is 33.6 Å². The second kappa shape index (κ2) is 66.5. The minimum Gasteiger partial charge on any atom is -0.463 e. The molecule has 0 aromatic carbocycles. The maximum absolute atomic E-state index is 12.9. The molecule has 526 valence electrons. The summed E-state index contributed by atoms with van der Waals surface area (Å²) in [6.45, 7) is 2.50. The lowest BCUT2D eigenvalue weighted by molar-refractivity contribution is -0.161. The molecule has 18 heteroatoms. The van der Waals surface area contributed by atoms with E-state index in [1.807, 2.05) is 0 Å². The van der Waals surface area contributed by atoms with Crippen molar-refractivity contribution < 1.29 is 75.8 Å². The molecular weight excluding hydrogens is 1190 g/mol. The summed E-state index contributed by atoms with van der Waals surface area (Å²) in [6.07, 6.45) is 73.1. The van der Waals surface area contributed by atoms with Crippen molar-refractivity contribution in [1.82, 2.24) is 0 Å². The van der Waals surface area contributed by atoms with E-state index in [1.165, 1.54) is 77.0 Å². The lowest BCUT2D eigenvalue weighted by Crippen LogP contribution is -2.30. The highest BCUT2D eigenvalue weighted by Crippen LogP contribution is 2.45. The first-order valence-electron chi connectivity index (χ1n) is 35.5. The fourth-order valence-corrected chi connectivity index (χ4v) is 10.9. The summed E-state index contributed by atoms with van der Waals surface area (Å²) >= 11 is 0. The van der Waals surface area contributed by atoms with Gasteiger partial charge in [0.05, 0.1) is 26.4 Å². The summed E-state index contributed by atoms with van der Waals surface area (Å²) < 4.78 is 60.9. The molecule has 0 spiro atoms. The summed E-state index contributed by atoms with van der Waals surface area (Å²) in [4.78, 5) is 58.4. The Balaban J connectivity index is 4.55. The van der Waals surface area contributed by atoms with Crippen LogP contribution in [0.5, 0.6) is 0 Å². The molecule has 0 aromatic heterocycles. The van der Waals surface area contributed by atoms with E-state index in [9.17, 15) is 43.5 Å². The first kappa shape index (κ1) is 87.5. The second-order valence-corrected chi connectivity index (χ2v) is 26.6. The lowest BCUT2D eigenvalue weighted by atomic mass is 10.1. The molecule has 0 aliphatic rings. The first-order chi connectivity index (χ1) is 44.2. The van der Waals surface area contributed by atoms with Crippen molar-refractivity contribution >= 4 is 33.6 Å². The quantitative estimate of drug-likeness (QED) is 0.0146. The standard InChI is InChI=1S/C73H128O16P2/c1-4-7-10-13-16-19-22-25-27-29-30-31-32-33-34-35-36-38-40-42-44-47-50-53-56-59-71(76)83-62-68(74)63-85-90(79,80)86-64-69(75)65-87-91(81,82)88-67-70(89-73(78)61-58-55-52-49-46-41-24-21-18-15-12-9-6-3)66-84-72(77)60-57-54-51-48-45-43-39-37-28-26-23-20-17-14-11-8-5-2/h8,11,16-17,19-21,24-28,30-31,33-34,68-70,74-75H,4-7,9-10,12-15,18,22-23,29,32,35-67H2,1-3H3,(H,79,80)(H,81,82)/b11-8-,19-16-,20-17-,24-21-,27-25-,28-26-,31-30-,34-33-. The van der Waals surface area contributed by atoms with E-state index in [2.05, 4.69) is 118 Å². The van der Waals surface area contributed by atoms with Gasteiger partial charge < -0.3 is 34.2 Å². The van der Waals surface area contributed by atoms with Crippen LogP contribution in [0.1, 0.15) is 290 Å². The zero-order valence-corrected chi connectivity index (χ0v) is 58.8. The molecule has 0 aliphatic heterocycles. The molecule has 5 atom stereocenters. The van der Waals surface area contributed by atoms with Gasteiger partial charge in [0.15, 0.2) is 6.10 Å². The number of aliphatic hydroxyl groups is 2. The third kappa shape index (κ3) is 67.7. The molecule has 4 N–H and O–H groups in total. The first-order valence-corrected chi connectivity index (χ1v) is 38.5. The van der Waals surface area contributed by atoms with Gasteiger partial charge in [0.1, 0.15) is 25.4 Å². The molecule has 0 amide bonds. The van der Waals surface area contributed by atoms with Gasteiger partial charge in [-0.05, 0) is 122 Å². The zero-order chi connectivity index (χ0) is 66.7. The highest BCUT2D eigenvalue weighted by atomic mass is 31.2. The topological polar surface area (TPSA) is 231 Å². The number of aliphatic hydroxyl groups excluding tert-OH is 2. The van der Waals surface area contributed by atoms with Crippen molar-refractivity contribution in [3.8, 4) is 0 Å². The van der Waals surface area contributed by atoms with Crippen LogP contribution in [-0.2, 0) is 55.8 Å². The Kier molecular flexibility index (Phi) is 63.9. The third-order valence-electron chi connectivity index (χ3n) is 14.8. The number of phosphoric ester groups is 2. The zero-order valence-electron chi connectivity index (χ0n) is 57.0. The monoisotopic (exact) mass is 1320 g/mol. The molecule has 0 radical (unpaired) electrons. The summed E-state index contributed by atoms with van der Waals surface area (Å²) in [7, 11) is -9.78. The molecule has 0 aliphatic carbocycles. The summed E-state index contributed by atoms with van der Waals surface area (Å²) in [5.74, 6) is -1.60. The Hall–Kier alpha value is -3.53. The number of unbranched alkanes of at least 4 members (excludes halogenated alkanes) is 28. The van der Waals surface area contributed by atoms with E-state index in [4.69, 9.17) is 32.3 Å². The number of hydrogen-bond donors (Lipinski definition) is 4. The molecular formula is C73H128O16P2. The SMILES string of the molecule is CC/C=C\C/C=C\C/C=C\CCCCCCCCCC(=O)OCC(COP(=O)(O)OCC(O)COP(=O)(O)OCC(O)COC(=O)CCCCCCCCCCC/C=C\C/C=C\C/C=C\C/C=C\CCCCC)OC(=O)CCCCCCC/C=C\CCCCCC. The number of allylic oxidation sites excluding steroid dienone is 16. The third-order valence-corrected chi connectivity index (χ3v) is 16.7. The van der Waals surface area contributed by atoms with E-state index >= 15 is 0 Å². The van der Waals surface area contributed by atoms with Crippen LogP contribution >= 0.6 is 15.6 Å². The summed E-state index contributed by atoms with van der Waals surface area (Å²) in [5.41, 5.74) is 0.